The van der Waals surface area contributed by atoms with Gasteiger partial charge in [0.05, 0.1) is 27.7 Å². The molecule has 3 rings (SSSR count). The monoisotopic (exact) mass is 448 g/mol. The molecule has 0 aliphatic heterocycles. The van der Waals surface area contributed by atoms with Gasteiger partial charge < -0.3 is 4.74 Å². The summed E-state index contributed by atoms with van der Waals surface area (Å²) < 4.78 is 5.27. The molecule has 0 aromatic heterocycles. The Morgan fingerprint density at radius 1 is 0.909 bits per heavy atom. The summed E-state index contributed by atoms with van der Waals surface area (Å²) >= 11 is 0. The Bertz CT molecular complexity index is 1240. The third-order valence-electron chi connectivity index (χ3n) is 4.37. The lowest BCUT2D eigenvalue weighted by Crippen LogP contribution is -2.17. The first-order chi connectivity index (χ1) is 15.7. The number of carbonyl (C=O) groups excluding carboxylic acids is 2. The highest BCUT2D eigenvalue weighted by atomic mass is 16.6. The van der Waals surface area contributed by atoms with Crippen LogP contribution in [-0.4, -0.2) is 27.9 Å². The van der Waals surface area contributed by atoms with Crippen molar-refractivity contribution in [3.63, 3.8) is 0 Å². The van der Waals surface area contributed by atoms with Gasteiger partial charge >= 0.3 is 5.97 Å². The fraction of sp³-hybridized carbons (Fsp3) is 0.0455. The second-order valence-electron chi connectivity index (χ2n) is 6.74. The van der Waals surface area contributed by atoms with Gasteiger partial charge in [-0.15, -0.1) is 0 Å². The number of aryl methyl sites for hydroxylation is 1. The van der Waals surface area contributed by atoms with Crippen molar-refractivity contribution in [2.24, 2.45) is 5.10 Å². The molecule has 3 aromatic carbocycles. The molecule has 1 amide bonds. The van der Waals surface area contributed by atoms with E-state index < -0.39 is 33.1 Å². The van der Waals surface area contributed by atoms with Crippen LogP contribution in [0.2, 0.25) is 0 Å². The van der Waals surface area contributed by atoms with E-state index in [4.69, 9.17) is 4.74 Å². The van der Waals surface area contributed by atoms with Crippen molar-refractivity contribution in [3.05, 3.63) is 109 Å². The number of carbonyl (C=O) groups is 2. The van der Waals surface area contributed by atoms with Crippen LogP contribution in [0.25, 0.3) is 0 Å². The van der Waals surface area contributed by atoms with Gasteiger partial charge in [0.1, 0.15) is 5.75 Å². The van der Waals surface area contributed by atoms with Gasteiger partial charge in [0.15, 0.2) is 0 Å². The number of nitro groups is 2. The number of rotatable bonds is 7. The van der Waals surface area contributed by atoms with Gasteiger partial charge in [-0.3, -0.25) is 25.0 Å². The SMILES string of the molecule is Cc1ccc(C(=O)N/N=C\c2ccccc2OC(=O)c2cc([N+](=O)[O-])cc([N+](=O)[O-])c2)cc1. The highest BCUT2D eigenvalue weighted by Gasteiger charge is 2.21. The predicted molar refractivity (Wildman–Crippen MR) is 117 cm³/mol. The minimum Gasteiger partial charge on any atom is -0.422 e. The lowest BCUT2D eigenvalue weighted by molar-refractivity contribution is -0.394. The number of non-ortho nitro benzene ring substituents is 2. The van der Waals surface area contributed by atoms with Crippen LogP contribution in [0.5, 0.6) is 5.75 Å². The molecule has 0 bridgehead atoms. The molecular weight excluding hydrogens is 432 g/mol. The van der Waals surface area contributed by atoms with Crippen LogP contribution < -0.4 is 10.2 Å². The number of nitrogens with zero attached hydrogens (tertiary/aromatic N) is 3. The molecule has 0 radical (unpaired) electrons. The first kappa shape index (κ1) is 22.7. The number of para-hydroxylation sites is 1. The smallest absolute Gasteiger partial charge is 0.344 e. The summed E-state index contributed by atoms with van der Waals surface area (Å²) in [6, 6.07) is 15.6. The first-order valence-electron chi connectivity index (χ1n) is 9.40. The standard InChI is InChI=1S/C22H16N4O7/c1-14-6-8-15(9-7-14)21(27)24-23-13-16-4-2-3-5-20(16)33-22(28)17-10-18(25(29)30)12-19(11-17)26(31)32/h2-13H,1H3,(H,24,27)/b23-13-. The van der Waals surface area contributed by atoms with Gasteiger partial charge in [0.2, 0.25) is 0 Å². The minimum absolute atomic E-state index is 0.0324. The van der Waals surface area contributed by atoms with E-state index in [9.17, 15) is 29.8 Å². The summed E-state index contributed by atoms with van der Waals surface area (Å²) in [5.41, 5.74) is 2.47. The van der Waals surface area contributed by atoms with Crippen LogP contribution in [0.3, 0.4) is 0 Å². The summed E-state index contributed by atoms with van der Waals surface area (Å²) in [4.78, 5) is 45.1. The molecule has 1 N–H and O–H groups in total. The summed E-state index contributed by atoms with van der Waals surface area (Å²) in [6.07, 6.45) is 1.25. The molecule has 0 saturated carbocycles. The van der Waals surface area contributed by atoms with Crippen molar-refractivity contribution in [2.45, 2.75) is 6.92 Å². The largest absolute Gasteiger partial charge is 0.422 e. The maximum absolute atomic E-state index is 12.5. The van der Waals surface area contributed by atoms with Gasteiger partial charge in [0, 0.05) is 23.3 Å². The molecule has 33 heavy (non-hydrogen) atoms. The highest BCUT2D eigenvalue weighted by Crippen LogP contribution is 2.24. The lowest BCUT2D eigenvalue weighted by atomic mass is 10.1. The van der Waals surface area contributed by atoms with E-state index in [1.165, 1.54) is 12.3 Å². The van der Waals surface area contributed by atoms with Crippen molar-refractivity contribution in [1.29, 1.82) is 0 Å². The normalized spacial score (nSPS) is 10.6. The molecule has 0 aliphatic carbocycles. The third-order valence-corrected chi connectivity index (χ3v) is 4.37. The second kappa shape index (κ2) is 9.92. The van der Waals surface area contributed by atoms with E-state index in [0.29, 0.717) is 11.1 Å². The zero-order valence-corrected chi connectivity index (χ0v) is 17.1. The topological polar surface area (TPSA) is 154 Å². The first-order valence-corrected chi connectivity index (χ1v) is 9.40. The zero-order valence-electron chi connectivity index (χ0n) is 17.1. The molecule has 0 spiro atoms. The fourth-order valence-electron chi connectivity index (χ4n) is 2.69. The van der Waals surface area contributed by atoms with Crippen LogP contribution in [0.1, 0.15) is 31.8 Å². The number of hydrogen-bond acceptors (Lipinski definition) is 8. The fourth-order valence-corrected chi connectivity index (χ4v) is 2.69. The van der Waals surface area contributed by atoms with Crippen LogP contribution in [0.4, 0.5) is 11.4 Å². The Hall–Kier alpha value is -4.93. The van der Waals surface area contributed by atoms with E-state index in [-0.39, 0.29) is 11.3 Å². The van der Waals surface area contributed by atoms with Gasteiger partial charge in [-0.05, 0) is 31.2 Å². The van der Waals surface area contributed by atoms with E-state index in [1.807, 2.05) is 6.92 Å². The van der Waals surface area contributed by atoms with Gasteiger partial charge in [0.25, 0.3) is 17.3 Å². The lowest BCUT2D eigenvalue weighted by Gasteiger charge is -2.07. The van der Waals surface area contributed by atoms with Gasteiger partial charge in [-0.2, -0.15) is 5.10 Å². The molecule has 0 atom stereocenters. The Kier molecular flexibility index (Phi) is 6.84. The van der Waals surface area contributed by atoms with Crippen LogP contribution in [0.15, 0.2) is 71.8 Å². The molecule has 0 heterocycles. The number of ether oxygens (including phenoxy) is 1. The maximum Gasteiger partial charge on any atom is 0.344 e. The number of nitrogens with one attached hydrogen (secondary N) is 1. The Labute approximate surface area is 186 Å². The van der Waals surface area contributed by atoms with Crippen molar-refractivity contribution >= 4 is 29.5 Å². The van der Waals surface area contributed by atoms with Crippen LogP contribution >= 0.6 is 0 Å². The van der Waals surface area contributed by atoms with E-state index in [0.717, 1.165) is 23.8 Å². The van der Waals surface area contributed by atoms with Gasteiger partial charge in [-0.25, -0.2) is 10.2 Å². The summed E-state index contributed by atoms with van der Waals surface area (Å²) in [7, 11) is 0. The molecule has 166 valence electrons. The number of hydrogen-bond donors (Lipinski definition) is 1. The number of benzene rings is 3. The molecule has 0 saturated heterocycles. The Balaban J connectivity index is 1.78. The Morgan fingerprint density at radius 2 is 1.52 bits per heavy atom. The van der Waals surface area contributed by atoms with Crippen molar-refractivity contribution in [3.8, 4) is 5.75 Å². The van der Waals surface area contributed by atoms with Crippen molar-refractivity contribution < 1.29 is 24.2 Å². The van der Waals surface area contributed by atoms with Crippen LogP contribution in [-0.2, 0) is 0 Å². The van der Waals surface area contributed by atoms with Crippen LogP contribution in [0, 0.1) is 27.2 Å². The molecule has 11 nitrogen and oxygen atoms in total. The van der Waals surface area contributed by atoms with Gasteiger partial charge in [-0.1, -0.05) is 29.8 Å². The number of nitro benzene ring substituents is 2. The molecule has 0 aliphatic rings. The van der Waals surface area contributed by atoms with E-state index >= 15 is 0 Å². The third kappa shape index (κ3) is 5.82. The summed E-state index contributed by atoms with van der Waals surface area (Å²) in [5.74, 6) is -1.44. The quantitative estimate of drug-likeness (QED) is 0.190. The molecule has 0 unspecified atom stereocenters. The number of hydrazone groups is 1. The molecular formula is C22H16N4O7. The second-order valence-corrected chi connectivity index (χ2v) is 6.74. The van der Waals surface area contributed by atoms with E-state index in [1.54, 1.807) is 42.5 Å². The summed E-state index contributed by atoms with van der Waals surface area (Å²) in [5, 5.41) is 25.9. The average Bonchev–Trinajstić information content (AvgIpc) is 2.80. The molecule has 0 fully saturated rings. The number of amides is 1. The summed E-state index contributed by atoms with van der Waals surface area (Å²) in [6.45, 7) is 1.89. The molecule has 11 heteroatoms. The van der Waals surface area contributed by atoms with Crippen molar-refractivity contribution in [2.75, 3.05) is 0 Å². The maximum atomic E-state index is 12.5. The number of esters is 1. The predicted octanol–water partition coefficient (Wildman–Crippen LogP) is 3.79. The zero-order chi connectivity index (χ0) is 24.0. The van der Waals surface area contributed by atoms with E-state index in [2.05, 4.69) is 10.5 Å². The Morgan fingerprint density at radius 3 is 2.12 bits per heavy atom. The van der Waals surface area contributed by atoms with Crippen molar-refractivity contribution in [1.82, 2.24) is 5.43 Å². The minimum atomic E-state index is -1.04. The average molecular weight is 448 g/mol. The molecule has 3 aromatic rings. The highest BCUT2D eigenvalue weighted by molar-refractivity contribution is 5.96.